The molecule has 102 valence electrons. The van der Waals surface area contributed by atoms with Gasteiger partial charge in [0.15, 0.2) is 0 Å². The van der Waals surface area contributed by atoms with Crippen LogP contribution in [-0.4, -0.2) is 35.6 Å². The van der Waals surface area contributed by atoms with Crippen molar-refractivity contribution in [2.45, 2.75) is 25.2 Å². The van der Waals surface area contributed by atoms with Gasteiger partial charge in [-0.15, -0.1) is 0 Å². The van der Waals surface area contributed by atoms with E-state index in [0.717, 1.165) is 25.2 Å². The zero-order valence-electron chi connectivity index (χ0n) is 11.4. The van der Waals surface area contributed by atoms with Crippen LogP contribution in [0.2, 0.25) is 0 Å². The first-order chi connectivity index (χ1) is 9.19. The number of benzene rings is 1. The van der Waals surface area contributed by atoms with Gasteiger partial charge >= 0.3 is 5.97 Å². The highest BCUT2D eigenvalue weighted by molar-refractivity contribution is 5.81. The predicted octanol–water partition coefficient (Wildman–Crippen LogP) is 2.68. The summed E-state index contributed by atoms with van der Waals surface area (Å²) in [5.41, 5.74) is 0.237. The van der Waals surface area contributed by atoms with E-state index in [9.17, 15) is 9.90 Å². The zero-order valence-corrected chi connectivity index (χ0v) is 11.4. The van der Waals surface area contributed by atoms with Gasteiger partial charge < -0.3 is 5.11 Å². The van der Waals surface area contributed by atoms with Crippen LogP contribution in [0.15, 0.2) is 42.5 Å². The summed E-state index contributed by atoms with van der Waals surface area (Å²) in [6.07, 6.45) is 5.53. The number of carboxylic acid groups (broad SMARTS) is 1. The van der Waals surface area contributed by atoms with E-state index in [0.29, 0.717) is 12.8 Å². The Kier molecular flexibility index (Phi) is 4.38. The van der Waals surface area contributed by atoms with Crippen LogP contribution in [0.1, 0.15) is 25.3 Å². The van der Waals surface area contributed by atoms with Crippen LogP contribution in [0.25, 0.3) is 0 Å². The first-order valence-corrected chi connectivity index (χ1v) is 6.81. The van der Waals surface area contributed by atoms with E-state index in [1.807, 2.05) is 43.3 Å². The summed E-state index contributed by atoms with van der Waals surface area (Å²) >= 11 is 0. The van der Waals surface area contributed by atoms with E-state index in [1.54, 1.807) is 0 Å². The molecule has 1 aromatic carbocycles. The second-order valence-electron chi connectivity index (χ2n) is 5.12. The minimum absolute atomic E-state index is 0.684. The van der Waals surface area contributed by atoms with Crippen LogP contribution < -0.4 is 0 Å². The molecule has 0 aromatic heterocycles. The highest BCUT2D eigenvalue weighted by atomic mass is 16.4. The average molecular weight is 259 g/mol. The van der Waals surface area contributed by atoms with Gasteiger partial charge in [-0.25, -0.2) is 0 Å². The van der Waals surface area contributed by atoms with Gasteiger partial charge in [0.2, 0.25) is 0 Å². The van der Waals surface area contributed by atoms with Crippen molar-refractivity contribution in [3.8, 4) is 0 Å². The number of hydrogen-bond donors (Lipinski definition) is 1. The SMILES string of the molecule is C/C=C/CN1CCC(C(=O)O)(c2ccccc2)CC1. The number of carboxylic acids is 1. The van der Waals surface area contributed by atoms with Gasteiger partial charge in [0.25, 0.3) is 0 Å². The Hall–Kier alpha value is -1.61. The minimum Gasteiger partial charge on any atom is -0.481 e. The quantitative estimate of drug-likeness (QED) is 0.845. The van der Waals surface area contributed by atoms with Gasteiger partial charge in [-0.3, -0.25) is 9.69 Å². The summed E-state index contributed by atoms with van der Waals surface area (Å²) < 4.78 is 0. The third kappa shape index (κ3) is 2.87. The predicted molar refractivity (Wildman–Crippen MR) is 76.2 cm³/mol. The molecule has 0 aliphatic carbocycles. The maximum atomic E-state index is 11.8. The van der Waals surface area contributed by atoms with E-state index in [4.69, 9.17) is 0 Å². The number of likely N-dealkylation sites (tertiary alicyclic amines) is 1. The molecular formula is C16H21NO2. The summed E-state index contributed by atoms with van der Waals surface area (Å²) in [5, 5.41) is 9.67. The van der Waals surface area contributed by atoms with Gasteiger partial charge in [0, 0.05) is 6.54 Å². The fraction of sp³-hybridized carbons (Fsp3) is 0.438. The van der Waals surface area contributed by atoms with Crippen molar-refractivity contribution < 1.29 is 9.90 Å². The van der Waals surface area contributed by atoms with Gasteiger partial charge in [-0.05, 0) is 38.4 Å². The molecule has 0 bridgehead atoms. The van der Waals surface area contributed by atoms with Crippen molar-refractivity contribution in [3.05, 3.63) is 48.0 Å². The molecule has 1 aliphatic rings. The van der Waals surface area contributed by atoms with Crippen LogP contribution in [-0.2, 0) is 10.2 Å². The maximum Gasteiger partial charge on any atom is 0.314 e. The summed E-state index contributed by atoms with van der Waals surface area (Å²) in [7, 11) is 0. The van der Waals surface area contributed by atoms with Crippen LogP contribution >= 0.6 is 0 Å². The largest absolute Gasteiger partial charge is 0.481 e. The van der Waals surface area contributed by atoms with Crippen molar-refractivity contribution in [2.75, 3.05) is 19.6 Å². The minimum atomic E-state index is -0.701. The van der Waals surface area contributed by atoms with Crippen LogP contribution in [0, 0.1) is 0 Å². The van der Waals surface area contributed by atoms with E-state index >= 15 is 0 Å². The van der Waals surface area contributed by atoms with Crippen molar-refractivity contribution in [2.24, 2.45) is 0 Å². The summed E-state index contributed by atoms with van der Waals surface area (Å²) in [4.78, 5) is 14.1. The molecule has 1 aliphatic heterocycles. The molecule has 0 unspecified atom stereocenters. The first kappa shape index (κ1) is 13.8. The van der Waals surface area contributed by atoms with Crippen LogP contribution in [0.5, 0.6) is 0 Å². The Morgan fingerprint density at radius 3 is 2.47 bits per heavy atom. The van der Waals surface area contributed by atoms with E-state index < -0.39 is 11.4 Å². The van der Waals surface area contributed by atoms with Crippen molar-refractivity contribution >= 4 is 5.97 Å². The average Bonchev–Trinajstić information content (AvgIpc) is 2.46. The summed E-state index contributed by atoms with van der Waals surface area (Å²) in [5.74, 6) is -0.690. The molecule has 1 saturated heterocycles. The Bertz CT molecular complexity index is 445. The number of rotatable bonds is 4. The van der Waals surface area contributed by atoms with Gasteiger partial charge in [-0.2, -0.15) is 0 Å². The molecule has 1 N–H and O–H groups in total. The lowest BCUT2D eigenvalue weighted by Crippen LogP contribution is -2.47. The molecule has 3 nitrogen and oxygen atoms in total. The van der Waals surface area contributed by atoms with Crippen molar-refractivity contribution in [3.63, 3.8) is 0 Å². The van der Waals surface area contributed by atoms with Crippen LogP contribution in [0.3, 0.4) is 0 Å². The molecule has 0 spiro atoms. The lowest BCUT2D eigenvalue weighted by Gasteiger charge is -2.38. The Morgan fingerprint density at radius 2 is 1.95 bits per heavy atom. The molecule has 1 heterocycles. The molecule has 1 fully saturated rings. The number of hydrogen-bond acceptors (Lipinski definition) is 2. The van der Waals surface area contributed by atoms with Crippen molar-refractivity contribution in [1.29, 1.82) is 0 Å². The standard InChI is InChI=1S/C16H21NO2/c1-2-3-11-17-12-9-16(10-13-17,15(18)19)14-7-5-4-6-8-14/h2-8H,9-13H2,1H3,(H,18,19)/b3-2+. The summed E-state index contributed by atoms with van der Waals surface area (Å²) in [6.45, 7) is 4.60. The Balaban J connectivity index is 2.14. The third-order valence-corrected chi connectivity index (χ3v) is 4.04. The second kappa shape index (κ2) is 6.02. The van der Waals surface area contributed by atoms with Crippen LogP contribution in [0.4, 0.5) is 0 Å². The topological polar surface area (TPSA) is 40.5 Å². The lowest BCUT2D eigenvalue weighted by atomic mass is 9.73. The number of nitrogens with zero attached hydrogens (tertiary/aromatic N) is 1. The Labute approximate surface area is 114 Å². The first-order valence-electron chi connectivity index (χ1n) is 6.81. The maximum absolute atomic E-state index is 11.8. The van der Waals surface area contributed by atoms with Gasteiger partial charge in [0.1, 0.15) is 0 Å². The molecular weight excluding hydrogens is 238 g/mol. The molecule has 19 heavy (non-hydrogen) atoms. The fourth-order valence-corrected chi connectivity index (χ4v) is 2.76. The van der Waals surface area contributed by atoms with E-state index in [-0.39, 0.29) is 0 Å². The second-order valence-corrected chi connectivity index (χ2v) is 5.12. The molecule has 3 heteroatoms. The monoisotopic (exact) mass is 259 g/mol. The molecule has 0 amide bonds. The molecule has 0 atom stereocenters. The molecule has 2 rings (SSSR count). The number of piperidine rings is 1. The van der Waals surface area contributed by atoms with Gasteiger partial charge in [-0.1, -0.05) is 42.5 Å². The van der Waals surface area contributed by atoms with Crippen molar-refractivity contribution in [1.82, 2.24) is 4.90 Å². The molecule has 0 saturated carbocycles. The lowest BCUT2D eigenvalue weighted by molar-refractivity contribution is -0.145. The molecule has 0 radical (unpaired) electrons. The van der Waals surface area contributed by atoms with E-state index in [2.05, 4.69) is 11.0 Å². The highest BCUT2D eigenvalue weighted by Crippen LogP contribution is 2.35. The Morgan fingerprint density at radius 1 is 1.32 bits per heavy atom. The number of allylic oxidation sites excluding steroid dienone is 1. The van der Waals surface area contributed by atoms with E-state index in [1.165, 1.54) is 0 Å². The number of carbonyl (C=O) groups is 1. The summed E-state index contributed by atoms with van der Waals surface area (Å²) in [6, 6.07) is 9.66. The number of aliphatic carboxylic acids is 1. The van der Waals surface area contributed by atoms with Gasteiger partial charge in [0.05, 0.1) is 5.41 Å². The fourth-order valence-electron chi connectivity index (χ4n) is 2.76. The normalized spacial score (nSPS) is 19.6. The smallest absolute Gasteiger partial charge is 0.314 e. The zero-order chi connectivity index (χ0) is 13.7. The highest BCUT2D eigenvalue weighted by Gasteiger charge is 2.42. The molecule has 1 aromatic rings. The third-order valence-electron chi connectivity index (χ3n) is 4.04.